The van der Waals surface area contributed by atoms with Crippen LogP contribution in [-0.4, -0.2) is 66.1 Å². The maximum absolute atomic E-state index is 10.9. The minimum atomic E-state index is -0.524. The highest BCUT2D eigenvalue weighted by Crippen LogP contribution is 2.61. The summed E-state index contributed by atoms with van der Waals surface area (Å²) in [6.07, 6.45) is 4.88. The van der Waals surface area contributed by atoms with Crippen LogP contribution in [0.4, 0.5) is 0 Å². The molecule has 2 saturated carbocycles. The fraction of sp³-hybridized carbons (Fsp3) is 0.778. The lowest BCUT2D eigenvalue weighted by Gasteiger charge is -2.51. The standard InChI is InChI=1S/C27H44N2O3/c1-26(2,3)28-15-18(30)16-32-19-8-10-20-17(13-19)7-9-22-21(20)11-12-27(4)23(22)14-24(31)25(27)29(5)6/h8,10,13,18,21-25,28,30-31H,7,9,11-12,14-16H2,1-6H3/t18?,21-,22-,23+,24-,25?,27+/m1/s1. The molecule has 32 heavy (non-hydrogen) atoms. The summed E-state index contributed by atoms with van der Waals surface area (Å²) in [5, 5.41) is 24.5. The Balaban J connectivity index is 1.43. The van der Waals surface area contributed by atoms with Crippen molar-refractivity contribution in [2.45, 2.75) is 89.5 Å². The van der Waals surface area contributed by atoms with Gasteiger partial charge in [-0.05, 0) is 113 Å². The van der Waals surface area contributed by atoms with Gasteiger partial charge in [-0.2, -0.15) is 0 Å². The third kappa shape index (κ3) is 4.59. The van der Waals surface area contributed by atoms with Crippen LogP contribution in [-0.2, 0) is 6.42 Å². The van der Waals surface area contributed by atoms with Gasteiger partial charge in [-0.25, -0.2) is 0 Å². The Hall–Kier alpha value is -1.14. The van der Waals surface area contributed by atoms with Crippen LogP contribution in [0.2, 0.25) is 0 Å². The lowest BCUT2D eigenvalue weighted by molar-refractivity contribution is -0.00209. The average molecular weight is 445 g/mol. The molecule has 0 heterocycles. The molecule has 0 bridgehead atoms. The average Bonchev–Trinajstić information content (AvgIpc) is 2.99. The molecule has 0 radical (unpaired) electrons. The summed E-state index contributed by atoms with van der Waals surface area (Å²) in [6.45, 7) is 9.55. The van der Waals surface area contributed by atoms with Gasteiger partial charge in [0.2, 0.25) is 0 Å². The molecule has 3 aliphatic rings. The van der Waals surface area contributed by atoms with Crippen LogP contribution in [0, 0.1) is 17.3 Å². The first kappa shape index (κ1) is 24.0. The van der Waals surface area contributed by atoms with E-state index in [-0.39, 0.29) is 23.1 Å². The van der Waals surface area contributed by atoms with Gasteiger partial charge in [0.15, 0.2) is 0 Å². The van der Waals surface area contributed by atoms with Crippen LogP contribution < -0.4 is 10.1 Å². The number of hydrogen-bond acceptors (Lipinski definition) is 5. The van der Waals surface area contributed by atoms with E-state index in [2.05, 4.69) is 70.2 Å². The minimum absolute atomic E-state index is 0.0126. The fourth-order valence-corrected chi connectivity index (χ4v) is 7.25. The Bertz CT molecular complexity index is 805. The first-order valence-corrected chi connectivity index (χ1v) is 12.5. The third-order valence-electron chi connectivity index (χ3n) is 8.54. The molecular formula is C27H44N2O3. The molecule has 1 aromatic carbocycles. The van der Waals surface area contributed by atoms with Gasteiger partial charge in [0.25, 0.3) is 0 Å². The number of aliphatic hydroxyl groups excluding tert-OH is 2. The summed E-state index contributed by atoms with van der Waals surface area (Å²) in [7, 11) is 4.25. The number of fused-ring (bicyclic) bond motifs is 5. The van der Waals surface area contributed by atoms with Crippen LogP contribution in [0.15, 0.2) is 18.2 Å². The molecule has 1 aromatic rings. The van der Waals surface area contributed by atoms with Gasteiger partial charge in [-0.15, -0.1) is 0 Å². The van der Waals surface area contributed by atoms with Crippen molar-refractivity contribution in [1.29, 1.82) is 0 Å². The quantitative estimate of drug-likeness (QED) is 0.626. The highest BCUT2D eigenvalue weighted by Gasteiger charge is 2.58. The fourth-order valence-electron chi connectivity index (χ4n) is 7.25. The van der Waals surface area contributed by atoms with E-state index in [0.717, 1.165) is 18.6 Å². The summed E-state index contributed by atoms with van der Waals surface area (Å²) >= 11 is 0. The number of benzene rings is 1. The third-order valence-corrected chi connectivity index (χ3v) is 8.54. The Labute approximate surface area is 194 Å². The van der Waals surface area contributed by atoms with E-state index in [1.54, 1.807) is 0 Å². The van der Waals surface area contributed by atoms with Crippen molar-refractivity contribution < 1.29 is 14.9 Å². The van der Waals surface area contributed by atoms with Gasteiger partial charge in [0, 0.05) is 18.1 Å². The molecular weight excluding hydrogens is 400 g/mol. The molecule has 3 N–H and O–H groups in total. The predicted molar refractivity (Wildman–Crippen MR) is 129 cm³/mol. The molecule has 0 aliphatic heterocycles. The molecule has 180 valence electrons. The number of aryl methyl sites for hydroxylation is 1. The zero-order valence-electron chi connectivity index (χ0n) is 20.9. The molecule has 2 fully saturated rings. The predicted octanol–water partition coefficient (Wildman–Crippen LogP) is 3.57. The molecule has 0 saturated heterocycles. The van der Waals surface area contributed by atoms with E-state index in [9.17, 15) is 10.2 Å². The molecule has 5 heteroatoms. The first-order chi connectivity index (χ1) is 15.0. The zero-order valence-corrected chi connectivity index (χ0v) is 20.9. The largest absolute Gasteiger partial charge is 0.491 e. The number of nitrogens with zero attached hydrogens (tertiary/aromatic N) is 1. The molecule has 4 rings (SSSR count). The molecule has 0 amide bonds. The number of rotatable bonds is 6. The summed E-state index contributed by atoms with van der Waals surface area (Å²) in [5.74, 6) is 2.72. The SMILES string of the molecule is CN(C)C1[C@H](O)C[C@H]2[C@@H]3CCc4cc(OCC(O)CNC(C)(C)C)ccc4[C@H]3CC[C@]12C. The van der Waals surface area contributed by atoms with Crippen LogP contribution in [0.3, 0.4) is 0 Å². The van der Waals surface area contributed by atoms with E-state index in [1.165, 1.54) is 30.4 Å². The van der Waals surface area contributed by atoms with Crippen molar-refractivity contribution in [2.24, 2.45) is 17.3 Å². The van der Waals surface area contributed by atoms with E-state index >= 15 is 0 Å². The number of ether oxygens (including phenoxy) is 1. The van der Waals surface area contributed by atoms with Gasteiger partial charge < -0.3 is 25.2 Å². The van der Waals surface area contributed by atoms with Crippen molar-refractivity contribution in [2.75, 3.05) is 27.2 Å². The van der Waals surface area contributed by atoms with Crippen LogP contribution >= 0.6 is 0 Å². The Morgan fingerprint density at radius 1 is 1.25 bits per heavy atom. The number of hydrogen-bond donors (Lipinski definition) is 3. The lowest BCUT2D eigenvalue weighted by atomic mass is 9.55. The van der Waals surface area contributed by atoms with Gasteiger partial charge in [-0.3, -0.25) is 0 Å². The molecule has 0 spiro atoms. The molecule has 7 atom stereocenters. The highest BCUT2D eigenvalue weighted by atomic mass is 16.5. The second kappa shape index (κ2) is 8.90. The van der Waals surface area contributed by atoms with Crippen LogP contribution in [0.25, 0.3) is 0 Å². The second-order valence-corrected chi connectivity index (χ2v) is 12.1. The summed E-state index contributed by atoms with van der Waals surface area (Å²) in [5.41, 5.74) is 3.11. The van der Waals surface area contributed by atoms with E-state index in [4.69, 9.17) is 4.74 Å². The highest BCUT2D eigenvalue weighted by molar-refractivity contribution is 5.41. The molecule has 5 nitrogen and oxygen atoms in total. The second-order valence-electron chi connectivity index (χ2n) is 12.1. The van der Waals surface area contributed by atoms with Crippen molar-refractivity contribution in [3.8, 4) is 5.75 Å². The van der Waals surface area contributed by atoms with Crippen molar-refractivity contribution in [3.63, 3.8) is 0 Å². The summed E-state index contributed by atoms with van der Waals surface area (Å²) in [4.78, 5) is 2.26. The number of β-amino-alcohol motifs (C(OH)–C–C–N with tert-alkyl or cyclic N) is 1. The van der Waals surface area contributed by atoms with Gasteiger partial charge in [0.05, 0.1) is 6.10 Å². The van der Waals surface area contributed by atoms with E-state index in [1.807, 2.05) is 0 Å². The van der Waals surface area contributed by atoms with Gasteiger partial charge >= 0.3 is 0 Å². The number of aliphatic hydroxyl groups is 2. The van der Waals surface area contributed by atoms with Gasteiger partial charge in [-0.1, -0.05) is 13.0 Å². The Morgan fingerprint density at radius 3 is 2.69 bits per heavy atom. The van der Waals surface area contributed by atoms with Crippen LogP contribution in [0.5, 0.6) is 5.75 Å². The zero-order chi connectivity index (χ0) is 23.3. The van der Waals surface area contributed by atoms with Crippen molar-refractivity contribution >= 4 is 0 Å². The molecule has 2 unspecified atom stereocenters. The van der Waals surface area contributed by atoms with Gasteiger partial charge in [0.1, 0.15) is 18.5 Å². The lowest BCUT2D eigenvalue weighted by Crippen LogP contribution is -2.50. The Morgan fingerprint density at radius 2 is 2.00 bits per heavy atom. The number of nitrogens with one attached hydrogen (secondary N) is 1. The normalized spacial score (nSPS) is 35.2. The molecule has 3 aliphatic carbocycles. The maximum Gasteiger partial charge on any atom is 0.119 e. The monoisotopic (exact) mass is 444 g/mol. The minimum Gasteiger partial charge on any atom is -0.491 e. The Kier molecular flexibility index (Phi) is 6.68. The topological polar surface area (TPSA) is 65.0 Å². The summed E-state index contributed by atoms with van der Waals surface area (Å²) in [6, 6.07) is 6.84. The van der Waals surface area contributed by atoms with Crippen molar-refractivity contribution in [1.82, 2.24) is 10.2 Å². The first-order valence-electron chi connectivity index (χ1n) is 12.5. The van der Waals surface area contributed by atoms with Crippen molar-refractivity contribution in [3.05, 3.63) is 29.3 Å². The number of likely N-dealkylation sites (N-methyl/N-ethyl adjacent to an activating group) is 1. The summed E-state index contributed by atoms with van der Waals surface area (Å²) < 4.78 is 5.95. The van der Waals surface area contributed by atoms with E-state index < -0.39 is 6.10 Å². The maximum atomic E-state index is 10.9. The smallest absolute Gasteiger partial charge is 0.119 e. The van der Waals surface area contributed by atoms with E-state index in [0.29, 0.717) is 30.9 Å². The van der Waals surface area contributed by atoms with Crippen LogP contribution in [0.1, 0.15) is 70.4 Å². The molecule has 0 aromatic heterocycles.